The third kappa shape index (κ3) is 4.76. The van der Waals surface area contributed by atoms with Gasteiger partial charge >= 0.3 is 0 Å². The molecule has 0 fully saturated rings. The lowest BCUT2D eigenvalue weighted by Gasteiger charge is -2.23. The highest BCUT2D eigenvalue weighted by Crippen LogP contribution is 2.24. The first-order valence-electron chi connectivity index (χ1n) is 6.48. The molecule has 1 rings (SSSR count). The first-order chi connectivity index (χ1) is 9.35. The zero-order valence-corrected chi connectivity index (χ0v) is 14.3. The fourth-order valence-electron chi connectivity index (χ4n) is 1.83. The van der Waals surface area contributed by atoms with E-state index in [4.69, 9.17) is 18.0 Å². The number of thiocarbonyl (C=S) groups is 1. The van der Waals surface area contributed by atoms with Crippen LogP contribution in [0.3, 0.4) is 0 Å². The van der Waals surface area contributed by atoms with Gasteiger partial charge in [0.15, 0.2) is 0 Å². The Morgan fingerprint density at radius 3 is 2.60 bits per heavy atom. The van der Waals surface area contributed by atoms with E-state index in [2.05, 4.69) is 21.2 Å². The fourth-order valence-corrected chi connectivity index (χ4v) is 2.72. The quantitative estimate of drug-likeness (QED) is 0.767. The lowest BCUT2D eigenvalue weighted by atomic mass is 10.2. The second kappa shape index (κ2) is 7.59. The number of rotatable bonds is 6. The smallest absolute Gasteiger partial charge is 0.239 e. The van der Waals surface area contributed by atoms with Crippen LogP contribution in [0.5, 0.6) is 0 Å². The number of nitrogens with two attached hydrogens (primary N) is 1. The predicted octanol–water partition coefficient (Wildman–Crippen LogP) is 2.43. The molecule has 1 aromatic rings. The molecule has 0 radical (unpaired) electrons. The van der Waals surface area contributed by atoms with E-state index >= 15 is 0 Å². The summed E-state index contributed by atoms with van der Waals surface area (Å²) in [6.07, 6.45) is 0. The van der Waals surface area contributed by atoms with Crippen LogP contribution in [-0.2, 0) is 4.79 Å². The Kier molecular flexibility index (Phi) is 6.42. The van der Waals surface area contributed by atoms with E-state index in [9.17, 15) is 4.79 Å². The number of hydrogen-bond acceptors (Lipinski definition) is 3. The average molecular weight is 358 g/mol. The third-order valence-corrected chi connectivity index (χ3v) is 3.63. The highest BCUT2D eigenvalue weighted by atomic mass is 79.9. The molecule has 0 atom stereocenters. The van der Waals surface area contributed by atoms with Crippen molar-refractivity contribution in [2.24, 2.45) is 5.73 Å². The predicted molar refractivity (Wildman–Crippen MR) is 91.2 cm³/mol. The van der Waals surface area contributed by atoms with E-state index in [0.29, 0.717) is 11.5 Å². The van der Waals surface area contributed by atoms with Gasteiger partial charge in [0.05, 0.1) is 6.54 Å². The van der Waals surface area contributed by atoms with Gasteiger partial charge in [-0.2, -0.15) is 0 Å². The van der Waals surface area contributed by atoms with Gasteiger partial charge in [-0.1, -0.05) is 12.2 Å². The topological polar surface area (TPSA) is 58.4 Å². The Bertz CT molecular complexity index is 505. The van der Waals surface area contributed by atoms with Crippen LogP contribution in [0.4, 0.5) is 5.69 Å². The van der Waals surface area contributed by atoms with Gasteiger partial charge in [0, 0.05) is 28.3 Å². The molecule has 110 valence electrons. The number of benzene rings is 1. The molecule has 0 saturated heterocycles. The normalized spacial score (nSPS) is 10.4. The number of anilines is 1. The monoisotopic (exact) mass is 357 g/mol. The molecule has 0 unspecified atom stereocenters. The first kappa shape index (κ1) is 16.9. The molecule has 3 N–H and O–H groups in total. The van der Waals surface area contributed by atoms with E-state index in [-0.39, 0.29) is 11.9 Å². The molecule has 20 heavy (non-hydrogen) atoms. The van der Waals surface area contributed by atoms with Gasteiger partial charge in [-0.3, -0.25) is 4.79 Å². The Labute approximate surface area is 133 Å². The summed E-state index contributed by atoms with van der Waals surface area (Å²) in [6.45, 7) is 6.97. The molecule has 0 saturated carbocycles. The SMILES string of the molecule is CCN(CC(=O)NC(C)C)c1ccc(C(N)=S)c(Br)c1. The van der Waals surface area contributed by atoms with Crippen molar-refractivity contribution in [1.82, 2.24) is 5.32 Å². The van der Waals surface area contributed by atoms with Crippen LogP contribution in [0.2, 0.25) is 0 Å². The molecule has 0 aromatic heterocycles. The summed E-state index contributed by atoms with van der Waals surface area (Å²) in [5, 5.41) is 2.89. The van der Waals surface area contributed by atoms with Crippen molar-refractivity contribution in [1.29, 1.82) is 0 Å². The van der Waals surface area contributed by atoms with E-state index in [1.165, 1.54) is 0 Å². The van der Waals surface area contributed by atoms with Gasteiger partial charge in [-0.05, 0) is 54.9 Å². The highest BCUT2D eigenvalue weighted by Gasteiger charge is 2.12. The van der Waals surface area contributed by atoms with Crippen LogP contribution < -0.4 is 16.0 Å². The molecule has 0 heterocycles. The number of carbonyl (C=O) groups excluding carboxylic acids is 1. The second-order valence-corrected chi connectivity index (χ2v) is 6.06. The summed E-state index contributed by atoms with van der Waals surface area (Å²) >= 11 is 8.43. The number of likely N-dealkylation sites (N-methyl/N-ethyl adjacent to an activating group) is 1. The summed E-state index contributed by atoms with van der Waals surface area (Å²) in [5.74, 6) is 0.0106. The van der Waals surface area contributed by atoms with E-state index in [1.807, 2.05) is 43.9 Å². The van der Waals surface area contributed by atoms with Crippen LogP contribution in [-0.4, -0.2) is 30.0 Å². The highest BCUT2D eigenvalue weighted by molar-refractivity contribution is 9.10. The maximum absolute atomic E-state index is 11.9. The van der Waals surface area contributed by atoms with Crippen molar-refractivity contribution in [3.05, 3.63) is 28.2 Å². The van der Waals surface area contributed by atoms with Crippen LogP contribution in [0.15, 0.2) is 22.7 Å². The molecule has 1 amide bonds. The molecule has 0 aliphatic rings. The van der Waals surface area contributed by atoms with Crippen molar-refractivity contribution in [3.63, 3.8) is 0 Å². The Balaban J connectivity index is 2.88. The molecule has 0 aliphatic heterocycles. The summed E-state index contributed by atoms with van der Waals surface area (Å²) in [5.41, 5.74) is 7.39. The molecule has 6 heteroatoms. The minimum absolute atomic E-state index is 0.0106. The molecule has 0 spiro atoms. The lowest BCUT2D eigenvalue weighted by molar-refractivity contribution is -0.120. The zero-order valence-electron chi connectivity index (χ0n) is 11.9. The Morgan fingerprint density at radius 1 is 1.50 bits per heavy atom. The van der Waals surface area contributed by atoms with Crippen molar-refractivity contribution in [2.75, 3.05) is 18.0 Å². The molecule has 0 aliphatic carbocycles. The van der Waals surface area contributed by atoms with Crippen LogP contribution in [0.25, 0.3) is 0 Å². The minimum Gasteiger partial charge on any atom is -0.389 e. The molecule has 4 nitrogen and oxygen atoms in total. The van der Waals surface area contributed by atoms with Crippen molar-refractivity contribution in [3.8, 4) is 0 Å². The number of amides is 1. The van der Waals surface area contributed by atoms with Gasteiger partial charge < -0.3 is 16.0 Å². The van der Waals surface area contributed by atoms with Gasteiger partial charge in [0.2, 0.25) is 5.91 Å². The average Bonchev–Trinajstić information content (AvgIpc) is 2.34. The van der Waals surface area contributed by atoms with E-state index in [1.54, 1.807) is 0 Å². The maximum Gasteiger partial charge on any atom is 0.239 e. The summed E-state index contributed by atoms with van der Waals surface area (Å²) in [6, 6.07) is 5.86. The van der Waals surface area contributed by atoms with Crippen molar-refractivity contribution >= 4 is 44.7 Å². The minimum atomic E-state index is 0.0106. The third-order valence-electron chi connectivity index (χ3n) is 2.75. The zero-order chi connectivity index (χ0) is 15.3. The number of nitrogens with zero attached hydrogens (tertiary/aromatic N) is 1. The van der Waals surface area contributed by atoms with E-state index in [0.717, 1.165) is 22.3 Å². The summed E-state index contributed by atoms with van der Waals surface area (Å²) in [7, 11) is 0. The Hall–Kier alpha value is -1.14. The number of halogens is 1. The number of nitrogens with one attached hydrogen (secondary N) is 1. The standard InChI is InChI=1S/C14H20BrN3OS/c1-4-18(8-13(19)17-9(2)3)10-5-6-11(14(16)20)12(15)7-10/h5-7,9H,4,8H2,1-3H3,(H2,16,20)(H,17,19). The largest absolute Gasteiger partial charge is 0.389 e. The van der Waals surface area contributed by atoms with Crippen LogP contribution in [0, 0.1) is 0 Å². The van der Waals surface area contributed by atoms with Gasteiger partial charge in [0.1, 0.15) is 4.99 Å². The van der Waals surface area contributed by atoms with Crippen LogP contribution in [0.1, 0.15) is 26.3 Å². The first-order valence-corrected chi connectivity index (χ1v) is 7.69. The number of carbonyl (C=O) groups is 1. The second-order valence-electron chi connectivity index (χ2n) is 4.76. The van der Waals surface area contributed by atoms with Gasteiger partial charge in [-0.15, -0.1) is 0 Å². The molecule has 0 bridgehead atoms. The molecular weight excluding hydrogens is 338 g/mol. The van der Waals surface area contributed by atoms with Gasteiger partial charge in [0.25, 0.3) is 0 Å². The van der Waals surface area contributed by atoms with Gasteiger partial charge in [-0.25, -0.2) is 0 Å². The van der Waals surface area contributed by atoms with E-state index < -0.39 is 0 Å². The fraction of sp³-hybridized carbons (Fsp3) is 0.429. The van der Waals surface area contributed by atoms with Crippen LogP contribution >= 0.6 is 28.1 Å². The summed E-state index contributed by atoms with van der Waals surface area (Å²) in [4.78, 5) is 14.2. The molecule has 1 aromatic carbocycles. The van der Waals surface area contributed by atoms with Crippen molar-refractivity contribution in [2.45, 2.75) is 26.8 Å². The molecular formula is C14H20BrN3OS. The lowest BCUT2D eigenvalue weighted by Crippen LogP contribution is -2.40. The number of hydrogen-bond donors (Lipinski definition) is 2. The summed E-state index contributed by atoms with van der Waals surface area (Å²) < 4.78 is 0.838. The maximum atomic E-state index is 11.9. The Morgan fingerprint density at radius 2 is 2.15 bits per heavy atom. The van der Waals surface area contributed by atoms with Crippen molar-refractivity contribution < 1.29 is 4.79 Å².